The molecule has 5 nitrogen and oxygen atoms in total. The normalized spacial score (nSPS) is 11.2. The van der Waals surface area contributed by atoms with Gasteiger partial charge in [0.15, 0.2) is 0 Å². The molecule has 1 aromatic heterocycles. The Labute approximate surface area is 118 Å². The van der Waals surface area contributed by atoms with Crippen LogP contribution in [0.1, 0.15) is 33.0 Å². The van der Waals surface area contributed by atoms with Crippen molar-refractivity contribution in [1.82, 2.24) is 9.55 Å². The summed E-state index contributed by atoms with van der Waals surface area (Å²) in [5.74, 6) is 0.799. The first-order valence-electron chi connectivity index (χ1n) is 6.89. The summed E-state index contributed by atoms with van der Waals surface area (Å²) in [5, 5.41) is 8.80. The van der Waals surface area contributed by atoms with Crippen LogP contribution >= 0.6 is 0 Å². The SMILES string of the molecule is CCn1c(CCC(=O)O)nc2cc(OC(C)C)ccc21. The predicted octanol–water partition coefficient (Wildman–Crippen LogP) is 2.86. The van der Waals surface area contributed by atoms with Gasteiger partial charge in [-0.15, -0.1) is 0 Å². The zero-order valence-electron chi connectivity index (χ0n) is 12.1. The number of imidazole rings is 1. The van der Waals surface area contributed by atoms with Crippen molar-refractivity contribution in [3.63, 3.8) is 0 Å². The standard InChI is InChI=1S/C15H20N2O3/c1-4-17-13-6-5-11(20-10(2)3)9-12(13)16-14(17)7-8-15(18)19/h5-6,9-10H,4,7-8H2,1-3H3,(H,18,19). The minimum Gasteiger partial charge on any atom is -0.491 e. The van der Waals surface area contributed by atoms with E-state index in [1.54, 1.807) is 0 Å². The second-order valence-electron chi connectivity index (χ2n) is 4.98. The molecule has 108 valence electrons. The molecule has 1 N–H and O–H groups in total. The quantitative estimate of drug-likeness (QED) is 0.881. The molecule has 20 heavy (non-hydrogen) atoms. The number of hydrogen-bond acceptors (Lipinski definition) is 3. The van der Waals surface area contributed by atoms with E-state index in [2.05, 4.69) is 9.55 Å². The number of carboxylic acids is 1. The number of hydrogen-bond donors (Lipinski definition) is 1. The van der Waals surface area contributed by atoms with Crippen molar-refractivity contribution < 1.29 is 14.6 Å². The van der Waals surface area contributed by atoms with Crippen molar-refractivity contribution in [2.24, 2.45) is 0 Å². The molecule has 0 saturated carbocycles. The highest BCUT2D eigenvalue weighted by atomic mass is 16.5. The number of benzene rings is 1. The summed E-state index contributed by atoms with van der Waals surface area (Å²) < 4.78 is 7.71. The average Bonchev–Trinajstić information content (AvgIpc) is 2.72. The molecule has 0 unspecified atom stereocenters. The third kappa shape index (κ3) is 3.10. The summed E-state index contributed by atoms with van der Waals surface area (Å²) in [6, 6.07) is 5.82. The number of nitrogens with zero attached hydrogens (tertiary/aromatic N) is 2. The maximum atomic E-state index is 10.7. The number of carboxylic acid groups (broad SMARTS) is 1. The van der Waals surface area contributed by atoms with Crippen molar-refractivity contribution in [3.05, 3.63) is 24.0 Å². The molecule has 0 saturated heterocycles. The van der Waals surface area contributed by atoms with Crippen LogP contribution in [0.3, 0.4) is 0 Å². The highest BCUT2D eigenvalue weighted by molar-refractivity contribution is 5.78. The molecule has 0 spiro atoms. The number of aliphatic carboxylic acids is 1. The summed E-state index contributed by atoms with van der Waals surface area (Å²) in [7, 11) is 0. The van der Waals surface area contributed by atoms with Crippen LogP contribution in [0.5, 0.6) is 5.75 Å². The predicted molar refractivity (Wildman–Crippen MR) is 77.1 cm³/mol. The minimum atomic E-state index is -0.802. The highest BCUT2D eigenvalue weighted by Crippen LogP contribution is 2.23. The van der Waals surface area contributed by atoms with Gasteiger partial charge >= 0.3 is 5.97 Å². The van der Waals surface area contributed by atoms with Crippen molar-refractivity contribution in [2.75, 3.05) is 0 Å². The zero-order chi connectivity index (χ0) is 14.7. The molecule has 0 fully saturated rings. The second-order valence-corrected chi connectivity index (χ2v) is 4.98. The first-order valence-corrected chi connectivity index (χ1v) is 6.89. The van der Waals surface area contributed by atoms with E-state index >= 15 is 0 Å². The van der Waals surface area contributed by atoms with Gasteiger partial charge < -0.3 is 14.4 Å². The monoisotopic (exact) mass is 276 g/mol. The summed E-state index contributed by atoms with van der Waals surface area (Å²) in [4.78, 5) is 15.2. The van der Waals surface area contributed by atoms with Gasteiger partial charge in [0, 0.05) is 19.0 Å². The first-order chi connectivity index (χ1) is 9.51. The second kappa shape index (κ2) is 5.94. The number of ether oxygens (including phenoxy) is 1. The molecule has 0 aliphatic heterocycles. The Morgan fingerprint density at radius 2 is 2.20 bits per heavy atom. The fourth-order valence-corrected chi connectivity index (χ4v) is 2.27. The van der Waals surface area contributed by atoms with Crippen LogP contribution in [0, 0.1) is 0 Å². The number of aryl methyl sites for hydroxylation is 2. The van der Waals surface area contributed by atoms with Gasteiger partial charge in [0.05, 0.1) is 23.6 Å². The van der Waals surface area contributed by atoms with Gasteiger partial charge in [0.25, 0.3) is 0 Å². The third-order valence-corrected chi connectivity index (χ3v) is 3.05. The van der Waals surface area contributed by atoms with E-state index in [0.717, 1.165) is 29.2 Å². The molecule has 0 radical (unpaired) electrons. The van der Waals surface area contributed by atoms with E-state index in [1.807, 2.05) is 39.0 Å². The molecule has 1 heterocycles. The average molecular weight is 276 g/mol. The highest BCUT2D eigenvalue weighted by Gasteiger charge is 2.12. The Kier molecular flexibility index (Phi) is 4.27. The Morgan fingerprint density at radius 1 is 1.45 bits per heavy atom. The number of aromatic nitrogens is 2. The van der Waals surface area contributed by atoms with E-state index in [0.29, 0.717) is 6.42 Å². The van der Waals surface area contributed by atoms with Crippen LogP contribution in [0.25, 0.3) is 11.0 Å². The van der Waals surface area contributed by atoms with Gasteiger partial charge in [-0.3, -0.25) is 4.79 Å². The van der Waals surface area contributed by atoms with Crippen molar-refractivity contribution in [2.45, 2.75) is 46.3 Å². The fourth-order valence-electron chi connectivity index (χ4n) is 2.27. The first kappa shape index (κ1) is 14.4. The van der Waals surface area contributed by atoms with Gasteiger partial charge in [0.1, 0.15) is 11.6 Å². The Bertz CT molecular complexity index is 617. The number of fused-ring (bicyclic) bond motifs is 1. The summed E-state index contributed by atoms with van der Waals surface area (Å²) in [5.41, 5.74) is 1.87. The zero-order valence-corrected chi connectivity index (χ0v) is 12.1. The molecular formula is C15H20N2O3. The van der Waals surface area contributed by atoms with Crippen molar-refractivity contribution in [1.29, 1.82) is 0 Å². The minimum absolute atomic E-state index is 0.0959. The maximum absolute atomic E-state index is 10.7. The summed E-state index contributed by atoms with van der Waals surface area (Å²) in [6.45, 7) is 6.76. The lowest BCUT2D eigenvalue weighted by molar-refractivity contribution is -0.137. The lowest BCUT2D eigenvalue weighted by Gasteiger charge is -2.09. The largest absolute Gasteiger partial charge is 0.491 e. The lowest BCUT2D eigenvalue weighted by atomic mass is 10.3. The van der Waals surface area contributed by atoms with Gasteiger partial charge in [-0.2, -0.15) is 0 Å². The van der Waals surface area contributed by atoms with Crippen molar-refractivity contribution in [3.8, 4) is 5.75 Å². The molecule has 2 aromatic rings. The molecule has 0 bridgehead atoms. The van der Waals surface area contributed by atoms with E-state index in [9.17, 15) is 4.79 Å². The van der Waals surface area contributed by atoms with Crippen LogP contribution in [-0.4, -0.2) is 26.7 Å². The van der Waals surface area contributed by atoms with Crippen LogP contribution in [-0.2, 0) is 17.8 Å². The topological polar surface area (TPSA) is 64.4 Å². The smallest absolute Gasteiger partial charge is 0.303 e. The third-order valence-electron chi connectivity index (χ3n) is 3.05. The van der Waals surface area contributed by atoms with Crippen LogP contribution < -0.4 is 4.74 Å². The summed E-state index contributed by atoms with van der Waals surface area (Å²) in [6.07, 6.45) is 0.656. The van der Waals surface area contributed by atoms with Gasteiger partial charge in [-0.05, 0) is 32.9 Å². The summed E-state index contributed by atoms with van der Waals surface area (Å²) >= 11 is 0. The Morgan fingerprint density at radius 3 is 2.80 bits per heavy atom. The molecular weight excluding hydrogens is 256 g/mol. The van der Waals surface area contributed by atoms with E-state index < -0.39 is 5.97 Å². The molecule has 0 aliphatic carbocycles. The van der Waals surface area contributed by atoms with Gasteiger partial charge in [-0.1, -0.05) is 0 Å². The van der Waals surface area contributed by atoms with Gasteiger partial charge in [-0.25, -0.2) is 4.98 Å². The molecule has 5 heteroatoms. The van der Waals surface area contributed by atoms with Gasteiger partial charge in [0.2, 0.25) is 0 Å². The molecule has 1 aromatic carbocycles. The molecule has 0 amide bonds. The Balaban J connectivity index is 2.36. The molecule has 0 atom stereocenters. The van der Waals surface area contributed by atoms with Crippen molar-refractivity contribution >= 4 is 17.0 Å². The van der Waals surface area contributed by atoms with E-state index in [1.165, 1.54) is 0 Å². The number of rotatable bonds is 6. The Hall–Kier alpha value is -2.04. The number of carbonyl (C=O) groups is 1. The molecule has 2 rings (SSSR count). The van der Waals surface area contributed by atoms with Crippen LogP contribution in [0.2, 0.25) is 0 Å². The maximum Gasteiger partial charge on any atom is 0.303 e. The van der Waals surface area contributed by atoms with Crippen LogP contribution in [0.4, 0.5) is 0 Å². The molecule has 0 aliphatic rings. The fraction of sp³-hybridized carbons (Fsp3) is 0.467. The van der Waals surface area contributed by atoms with E-state index in [-0.39, 0.29) is 12.5 Å². The lowest BCUT2D eigenvalue weighted by Crippen LogP contribution is -2.05. The van der Waals surface area contributed by atoms with Crippen LogP contribution in [0.15, 0.2) is 18.2 Å². The van der Waals surface area contributed by atoms with E-state index in [4.69, 9.17) is 9.84 Å².